The highest BCUT2D eigenvalue weighted by Gasteiger charge is 2.20. The second-order valence-corrected chi connectivity index (χ2v) is 5.45. The molecule has 2 aromatic rings. The van der Waals surface area contributed by atoms with Gasteiger partial charge < -0.3 is 4.98 Å². The Morgan fingerprint density at radius 3 is 3.05 bits per heavy atom. The number of hydrogen-bond donors (Lipinski definition) is 2. The number of thiazole rings is 1. The number of fused-ring (bicyclic) bond motifs is 1. The quantitative estimate of drug-likeness (QED) is 0.878. The molecule has 0 fully saturated rings. The molecule has 5 nitrogen and oxygen atoms in total. The lowest BCUT2D eigenvalue weighted by molar-refractivity contribution is 0.102. The Balaban J connectivity index is 1.90. The fourth-order valence-corrected chi connectivity index (χ4v) is 2.97. The molecule has 2 N–H and O–H groups in total. The van der Waals surface area contributed by atoms with Crippen LogP contribution in [-0.4, -0.2) is 15.9 Å². The smallest absolute Gasteiger partial charge is 0.262 e. The summed E-state index contributed by atoms with van der Waals surface area (Å²) in [5.74, 6) is -0.398. The minimum absolute atomic E-state index is 0.156. The Morgan fingerprint density at radius 2 is 2.32 bits per heavy atom. The zero-order valence-corrected chi connectivity index (χ0v) is 11.3. The van der Waals surface area contributed by atoms with Gasteiger partial charge >= 0.3 is 0 Å². The van der Waals surface area contributed by atoms with Gasteiger partial charge in [-0.2, -0.15) is 0 Å². The molecule has 0 spiro atoms. The number of amides is 1. The molecule has 0 radical (unpaired) electrons. The molecule has 0 unspecified atom stereocenters. The highest BCUT2D eigenvalue weighted by atomic mass is 32.1. The number of nitrogens with zero attached hydrogens (tertiary/aromatic N) is 1. The molecule has 0 aromatic carbocycles. The van der Waals surface area contributed by atoms with E-state index in [-0.39, 0.29) is 11.0 Å². The molecule has 1 amide bonds. The maximum atomic E-state index is 12.2. The Hall–Kier alpha value is -1.95. The SMILES string of the molecule is Cc1csc(NC(=O)c2c[nH]c3c(c2=O)CCC3)n1. The molecule has 6 heteroatoms. The first kappa shape index (κ1) is 12.1. The summed E-state index contributed by atoms with van der Waals surface area (Å²) in [6, 6.07) is 0. The third-order valence-corrected chi connectivity index (χ3v) is 4.09. The van der Waals surface area contributed by atoms with Crippen LogP contribution >= 0.6 is 11.3 Å². The van der Waals surface area contributed by atoms with Crippen LogP contribution < -0.4 is 10.7 Å². The second kappa shape index (κ2) is 4.62. The third kappa shape index (κ3) is 2.19. The van der Waals surface area contributed by atoms with Gasteiger partial charge in [0.2, 0.25) is 0 Å². The van der Waals surface area contributed by atoms with Crippen LogP contribution in [0.3, 0.4) is 0 Å². The van der Waals surface area contributed by atoms with Crippen LogP contribution in [0, 0.1) is 6.92 Å². The number of aromatic amines is 1. The van der Waals surface area contributed by atoms with E-state index in [0.717, 1.165) is 36.2 Å². The molecular formula is C13H13N3O2S. The van der Waals surface area contributed by atoms with Crippen LogP contribution in [0.5, 0.6) is 0 Å². The minimum Gasteiger partial charge on any atom is -0.364 e. The topological polar surface area (TPSA) is 74.8 Å². The maximum Gasteiger partial charge on any atom is 0.262 e. The monoisotopic (exact) mass is 275 g/mol. The number of pyridine rings is 1. The molecule has 0 atom stereocenters. The molecular weight excluding hydrogens is 262 g/mol. The van der Waals surface area contributed by atoms with E-state index in [9.17, 15) is 9.59 Å². The van der Waals surface area contributed by atoms with Gasteiger partial charge in [-0.05, 0) is 26.2 Å². The van der Waals surface area contributed by atoms with Gasteiger partial charge in [0.15, 0.2) is 10.6 Å². The zero-order valence-electron chi connectivity index (χ0n) is 10.4. The number of rotatable bonds is 2. The lowest BCUT2D eigenvalue weighted by atomic mass is 10.1. The predicted octanol–water partition coefficient (Wildman–Crippen LogP) is 1.88. The summed E-state index contributed by atoms with van der Waals surface area (Å²) in [6.45, 7) is 1.86. The van der Waals surface area contributed by atoms with Gasteiger partial charge in [-0.3, -0.25) is 14.9 Å². The van der Waals surface area contributed by atoms with Gasteiger partial charge in [-0.25, -0.2) is 4.98 Å². The first-order valence-electron chi connectivity index (χ1n) is 6.12. The molecule has 98 valence electrons. The van der Waals surface area contributed by atoms with Crippen LogP contribution in [-0.2, 0) is 12.8 Å². The maximum absolute atomic E-state index is 12.2. The Kier molecular flexibility index (Phi) is 2.94. The molecule has 1 aliphatic carbocycles. The van der Waals surface area contributed by atoms with Crippen molar-refractivity contribution < 1.29 is 4.79 Å². The normalized spacial score (nSPS) is 13.3. The van der Waals surface area contributed by atoms with Gasteiger partial charge in [0, 0.05) is 22.8 Å². The van der Waals surface area contributed by atoms with Gasteiger partial charge in [0.1, 0.15) is 5.56 Å². The van der Waals surface area contributed by atoms with Crippen molar-refractivity contribution in [3.63, 3.8) is 0 Å². The van der Waals surface area contributed by atoms with Crippen molar-refractivity contribution in [2.45, 2.75) is 26.2 Å². The number of nitrogens with one attached hydrogen (secondary N) is 2. The zero-order chi connectivity index (χ0) is 13.4. The largest absolute Gasteiger partial charge is 0.364 e. The highest BCUT2D eigenvalue weighted by Crippen LogP contribution is 2.18. The number of carbonyl (C=O) groups excluding carboxylic acids is 1. The summed E-state index contributed by atoms with van der Waals surface area (Å²) in [5, 5.41) is 5.03. The van der Waals surface area contributed by atoms with Gasteiger partial charge in [0.25, 0.3) is 5.91 Å². The van der Waals surface area contributed by atoms with Crippen molar-refractivity contribution in [2.24, 2.45) is 0 Å². The van der Waals surface area contributed by atoms with E-state index in [0.29, 0.717) is 5.13 Å². The molecule has 2 heterocycles. The molecule has 0 bridgehead atoms. The number of hydrogen-bond acceptors (Lipinski definition) is 4. The number of carbonyl (C=O) groups is 1. The van der Waals surface area contributed by atoms with Crippen molar-refractivity contribution in [3.05, 3.63) is 44.3 Å². The van der Waals surface area contributed by atoms with Gasteiger partial charge in [-0.1, -0.05) is 0 Å². The van der Waals surface area contributed by atoms with Crippen LogP contribution in [0.15, 0.2) is 16.4 Å². The number of anilines is 1. The van der Waals surface area contributed by atoms with Crippen LogP contribution in [0.25, 0.3) is 0 Å². The van der Waals surface area contributed by atoms with E-state index in [1.807, 2.05) is 12.3 Å². The predicted molar refractivity (Wildman–Crippen MR) is 73.9 cm³/mol. The number of aryl methyl sites for hydroxylation is 2. The number of H-pyrrole nitrogens is 1. The van der Waals surface area contributed by atoms with Gasteiger partial charge in [0.05, 0.1) is 5.69 Å². The van der Waals surface area contributed by atoms with Crippen molar-refractivity contribution in [3.8, 4) is 0 Å². The fraction of sp³-hybridized carbons (Fsp3) is 0.308. The second-order valence-electron chi connectivity index (χ2n) is 4.59. The molecule has 0 saturated heterocycles. The first-order chi connectivity index (χ1) is 9.15. The van der Waals surface area contributed by atoms with E-state index in [4.69, 9.17) is 0 Å². The summed E-state index contributed by atoms with van der Waals surface area (Å²) >= 11 is 1.35. The lowest BCUT2D eigenvalue weighted by Gasteiger charge is -2.04. The summed E-state index contributed by atoms with van der Waals surface area (Å²) in [7, 11) is 0. The average molecular weight is 275 g/mol. The van der Waals surface area contributed by atoms with Crippen molar-refractivity contribution in [1.29, 1.82) is 0 Å². The van der Waals surface area contributed by atoms with E-state index >= 15 is 0 Å². The van der Waals surface area contributed by atoms with Crippen LogP contribution in [0.1, 0.15) is 33.7 Å². The molecule has 2 aromatic heterocycles. The van der Waals surface area contributed by atoms with Crippen molar-refractivity contribution >= 4 is 22.4 Å². The molecule has 0 aliphatic heterocycles. The standard InChI is InChI=1S/C13H13N3O2S/c1-7-6-19-13(15-7)16-12(18)9-5-14-10-4-2-3-8(10)11(9)17/h5-6H,2-4H2,1H3,(H,14,17)(H,15,16,18). The molecule has 19 heavy (non-hydrogen) atoms. The average Bonchev–Trinajstić information content (AvgIpc) is 2.99. The summed E-state index contributed by atoms with van der Waals surface area (Å²) in [5.41, 5.74) is 2.57. The highest BCUT2D eigenvalue weighted by molar-refractivity contribution is 7.13. The molecule has 0 saturated carbocycles. The van der Waals surface area contributed by atoms with Crippen molar-refractivity contribution in [1.82, 2.24) is 9.97 Å². The fourth-order valence-electron chi connectivity index (χ4n) is 2.29. The van der Waals surface area contributed by atoms with Crippen LogP contribution in [0.4, 0.5) is 5.13 Å². The minimum atomic E-state index is -0.398. The summed E-state index contributed by atoms with van der Waals surface area (Å²) in [4.78, 5) is 31.5. The van der Waals surface area contributed by atoms with E-state index in [1.54, 1.807) is 0 Å². The first-order valence-corrected chi connectivity index (χ1v) is 7.00. The van der Waals surface area contributed by atoms with Crippen LogP contribution in [0.2, 0.25) is 0 Å². The Labute approximate surface area is 113 Å². The van der Waals surface area contributed by atoms with E-state index in [1.165, 1.54) is 17.5 Å². The molecule has 3 rings (SSSR count). The summed E-state index contributed by atoms with van der Waals surface area (Å²) < 4.78 is 0. The third-order valence-electron chi connectivity index (χ3n) is 3.21. The Bertz CT molecular complexity index is 702. The Morgan fingerprint density at radius 1 is 1.47 bits per heavy atom. The van der Waals surface area contributed by atoms with E-state index < -0.39 is 5.91 Å². The van der Waals surface area contributed by atoms with E-state index in [2.05, 4.69) is 15.3 Å². The van der Waals surface area contributed by atoms with Crippen molar-refractivity contribution in [2.75, 3.05) is 5.32 Å². The summed E-state index contributed by atoms with van der Waals surface area (Å²) in [6.07, 6.45) is 4.11. The molecule has 1 aliphatic rings. The lowest BCUT2D eigenvalue weighted by Crippen LogP contribution is -2.24. The van der Waals surface area contributed by atoms with Gasteiger partial charge in [-0.15, -0.1) is 11.3 Å². The number of aromatic nitrogens is 2.